The molecule has 2 rings (SSSR count). The van der Waals surface area contributed by atoms with Crippen molar-refractivity contribution in [1.29, 1.82) is 0 Å². The molecule has 5 heteroatoms. The molecule has 0 aliphatic heterocycles. The first-order chi connectivity index (χ1) is 8.94. The average Bonchev–Trinajstić information content (AvgIpc) is 3.15. The van der Waals surface area contributed by atoms with Crippen LogP contribution in [0.4, 0.5) is 13.2 Å². The van der Waals surface area contributed by atoms with Gasteiger partial charge in [0.1, 0.15) is 0 Å². The first-order valence-corrected chi connectivity index (χ1v) is 6.40. The van der Waals surface area contributed by atoms with Crippen molar-refractivity contribution in [3.05, 3.63) is 35.9 Å². The molecular formula is C14H18F3NO. The molecule has 2 N–H and O–H groups in total. The van der Waals surface area contributed by atoms with Crippen molar-refractivity contribution in [2.45, 2.75) is 31.5 Å². The number of nitrogens with one attached hydrogen (secondary N) is 1. The Bertz CT molecular complexity index is 401. The van der Waals surface area contributed by atoms with Gasteiger partial charge in [0.2, 0.25) is 0 Å². The van der Waals surface area contributed by atoms with E-state index in [4.69, 9.17) is 0 Å². The monoisotopic (exact) mass is 273 g/mol. The van der Waals surface area contributed by atoms with E-state index < -0.39 is 18.6 Å². The van der Waals surface area contributed by atoms with Crippen LogP contribution in [0.5, 0.6) is 0 Å². The van der Waals surface area contributed by atoms with Gasteiger partial charge in [-0.3, -0.25) is 0 Å². The van der Waals surface area contributed by atoms with Crippen LogP contribution < -0.4 is 5.32 Å². The molecule has 0 amide bonds. The highest BCUT2D eigenvalue weighted by molar-refractivity contribution is 5.19. The standard InChI is InChI=1S/C14H18F3NO/c15-14(16,17)8-12(11-4-2-1-3-5-11)18-9-13(10-19)6-7-13/h1-5,12,18-19H,6-10H2. The molecule has 1 aromatic rings. The van der Waals surface area contributed by atoms with E-state index in [0.717, 1.165) is 12.8 Å². The molecular weight excluding hydrogens is 255 g/mol. The van der Waals surface area contributed by atoms with Crippen LogP contribution in [0.2, 0.25) is 0 Å². The van der Waals surface area contributed by atoms with E-state index >= 15 is 0 Å². The van der Waals surface area contributed by atoms with E-state index in [0.29, 0.717) is 12.1 Å². The molecule has 1 unspecified atom stereocenters. The maximum absolute atomic E-state index is 12.6. The fraction of sp³-hybridized carbons (Fsp3) is 0.571. The predicted octanol–water partition coefficient (Wildman–Crippen LogP) is 3.04. The lowest BCUT2D eigenvalue weighted by Crippen LogP contribution is -2.32. The summed E-state index contributed by atoms with van der Waals surface area (Å²) in [6.45, 7) is 0.465. The Morgan fingerprint density at radius 2 is 1.84 bits per heavy atom. The number of aliphatic hydroxyl groups excluding tert-OH is 1. The van der Waals surface area contributed by atoms with E-state index in [1.165, 1.54) is 0 Å². The zero-order valence-electron chi connectivity index (χ0n) is 10.6. The SMILES string of the molecule is OCC1(CNC(CC(F)(F)F)c2ccccc2)CC1. The number of benzene rings is 1. The maximum atomic E-state index is 12.6. The van der Waals surface area contributed by atoms with Gasteiger partial charge in [-0.1, -0.05) is 30.3 Å². The normalized spacial score (nSPS) is 19.2. The van der Waals surface area contributed by atoms with Crippen LogP contribution in [0.15, 0.2) is 30.3 Å². The molecule has 1 fully saturated rings. The summed E-state index contributed by atoms with van der Waals surface area (Å²) in [5, 5.41) is 12.2. The third-order valence-electron chi connectivity index (χ3n) is 3.65. The minimum atomic E-state index is -4.20. The van der Waals surface area contributed by atoms with E-state index in [2.05, 4.69) is 5.32 Å². The Labute approximate surface area is 110 Å². The van der Waals surface area contributed by atoms with Gasteiger partial charge < -0.3 is 10.4 Å². The molecule has 1 aliphatic rings. The summed E-state index contributed by atoms with van der Waals surface area (Å²) in [6.07, 6.45) is -3.34. The highest BCUT2D eigenvalue weighted by Crippen LogP contribution is 2.45. The predicted molar refractivity (Wildman–Crippen MR) is 66.6 cm³/mol. The average molecular weight is 273 g/mol. The minimum absolute atomic E-state index is 0.0352. The molecule has 0 aromatic heterocycles. The Morgan fingerprint density at radius 3 is 2.32 bits per heavy atom. The van der Waals surface area contributed by atoms with E-state index in [1.807, 2.05) is 0 Å². The smallest absolute Gasteiger partial charge is 0.390 e. The summed E-state index contributed by atoms with van der Waals surface area (Å²) in [4.78, 5) is 0. The molecule has 0 bridgehead atoms. The summed E-state index contributed by atoms with van der Waals surface area (Å²) in [5.41, 5.74) is 0.437. The number of rotatable bonds is 6. The maximum Gasteiger partial charge on any atom is 0.390 e. The lowest BCUT2D eigenvalue weighted by molar-refractivity contribution is -0.140. The van der Waals surface area contributed by atoms with Gasteiger partial charge in [0.05, 0.1) is 6.42 Å². The third-order valence-corrected chi connectivity index (χ3v) is 3.65. The second-order valence-electron chi connectivity index (χ2n) is 5.32. The molecule has 0 radical (unpaired) electrons. The van der Waals surface area contributed by atoms with Gasteiger partial charge in [-0.25, -0.2) is 0 Å². The summed E-state index contributed by atoms with van der Waals surface area (Å²) in [6, 6.07) is 7.90. The fourth-order valence-electron chi connectivity index (χ4n) is 2.13. The highest BCUT2D eigenvalue weighted by Gasteiger charge is 2.42. The van der Waals surface area contributed by atoms with Gasteiger partial charge in [-0.2, -0.15) is 13.2 Å². The van der Waals surface area contributed by atoms with Gasteiger partial charge in [-0.05, 0) is 18.4 Å². The van der Waals surface area contributed by atoms with Crippen molar-refractivity contribution >= 4 is 0 Å². The molecule has 0 spiro atoms. The lowest BCUT2D eigenvalue weighted by atomic mass is 10.0. The Morgan fingerprint density at radius 1 is 1.21 bits per heavy atom. The van der Waals surface area contributed by atoms with Crippen LogP contribution in [-0.2, 0) is 0 Å². The molecule has 19 heavy (non-hydrogen) atoms. The molecule has 1 aliphatic carbocycles. The number of hydrogen-bond acceptors (Lipinski definition) is 2. The second kappa shape index (κ2) is 5.51. The number of hydrogen-bond donors (Lipinski definition) is 2. The molecule has 2 nitrogen and oxygen atoms in total. The van der Waals surface area contributed by atoms with Crippen molar-refractivity contribution in [3.8, 4) is 0 Å². The first kappa shape index (κ1) is 14.3. The van der Waals surface area contributed by atoms with Crippen molar-refractivity contribution in [1.82, 2.24) is 5.32 Å². The number of alkyl halides is 3. The summed E-state index contributed by atoms with van der Waals surface area (Å²) >= 11 is 0. The van der Waals surface area contributed by atoms with Crippen LogP contribution in [0, 0.1) is 5.41 Å². The van der Waals surface area contributed by atoms with Gasteiger partial charge >= 0.3 is 6.18 Å². The number of halogens is 3. The van der Waals surface area contributed by atoms with E-state index in [-0.39, 0.29) is 12.0 Å². The Kier molecular flexibility index (Phi) is 4.16. The largest absolute Gasteiger partial charge is 0.396 e. The third kappa shape index (κ3) is 4.21. The van der Waals surface area contributed by atoms with Crippen molar-refractivity contribution in [2.75, 3.05) is 13.2 Å². The van der Waals surface area contributed by atoms with Crippen LogP contribution >= 0.6 is 0 Å². The molecule has 0 heterocycles. The molecule has 1 aromatic carbocycles. The second-order valence-corrected chi connectivity index (χ2v) is 5.32. The summed E-state index contributed by atoms with van der Waals surface area (Å²) < 4.78 is 37.9. The molecule has 1 atom stereocenters. The Hall–Kier alpha value is -1.07. The van der Waals surface area contributed by atoms with Gasteiger partial charge in [0.25, 0.3) is 0 Å². The van der Waals surface area contributed by atoms with Crippen LogP contribution in [0.3, 0.4) is 0 Å². The van der Waals surface area contributed by atoms with Crippen LogP contribution in [0.1, 0.15) is 30.9 Å². The van der Waals surface area contributed by atoms with Crippen LogP contribution in [-0.4, -0.2) is 24.4 Å². The van der Waals surface area contributed by atoms with E-state index in [1.54, 1.807) is 30.3 Å². The minimum Gasteiger partial charge on any atom is -0.396 e. The highest BCUT2D eigenvalue weighted by atomic mass is 19.4. The molecule has 106 valence electrons. The van der Waals surface area contributed by atoms with Crippen molar-refractivity contribution in [3.63, 3.8) is 0 Å². The zero-order chi connectivity index (χ0) is 13.9. The van der Waals surface area contributed by atoms with Gasteiger partial charge in [-0.15, -0.1) is 0 Å². The van der Waals surface area contributed by atoms with Gasteiger partial charge in [0, 0.05) is 24.6 Å². The quantitative estimate of drug-likeness (QED) is 0.835. The topological polar surface area (TPSA) is 32.3 Å². The zero-order valence-corrected chi connectivity index (χ0v) is 10.6. The van der Waals surface area contributed by atoms with E-state index in [9.17, 15) is 18.3 Å². The van der Waals surface area contributed by atoms with Crippen molar-refractivity contribution < 1.29 is 18.3 Å². The summed E-state index contributed by atoms with van der Waals surface area (Å²) in [7, 11) is 0. The Balaban J connectivity index is 2.02. The lowest BCUT2D eigenvalue weighted by Gasteiger charge is -2.23. The summed E-state index contributed by atoms with van der Waals surface area (Å²) in [5.74, 6) is 0. The first-order valence-electron chi connectivity index (χ1n) is 6.40. The fourth-order valence-corrected chi connectivity index (χ4v) is 2.13. The number of aliphatic hydroxyl groups is 1. The van der Waals surface area contributed by atoms with Gasteiger partial charge in [0.15, 0.2) is 0 Å². The molecule has 1 saturated carbocycles. The van der Waals surface area contributed by atoms with Crippen LogP contribution in [0.25, 0.3) is 0 Å². The molecule has 0 saturated heterocycles. The van der Waals surface area contributed by atoms with Crippen molar-refractivity contribution in [2.24, 2.45) is 5.41 Å².